The van der Waals surface area contributed by atoms with Crippen LogP contribution in [0.5, 0.6) is 5.75 Å². The van der Waals surface area contributed by atoms with Crippen LogP contribution in [0.2, 0.25) is 0 Å². The minimum Gasteiger partial charge on any atom is -0.482 e. The molecule has 0 aromatic heterocycles. The number of anilines is 2. The van der Waals surface area contributed by atoms with Crippen LogP contribution in [0.4, 0.5) is 11.4 Å². The second-order valence-electron chi connectivity index (χ2n) is 11.5. The van der Waals surface area contributed by atoms with E-state index in [1.54, 1.807) is 9.80 Å². The van der Waals surface area contributed by atoms with Crippen LogP contribution in [0.15, 0.2) is 66.7 Å². The average Bonchev–Trinajstić information content (AvgIpc) is 3.33. The number of amides is 4. The Morgan fingerprint density at radius 1 is 0.881 bits per heavy atom. The van der Waals surface area contributed by atoms with Crippen LogP contribution in [0.25, 0.3) is 0 Å². The first-order chi connectivity index (χ1) is 20.4. The summed E-state index contributed by atoms with van der Waals surface area (Å²) in [5, 5.41) is 2.36. The van der Waals surface area contributed by atoms with Gasteiger partial charge in [-0.05, 0) is 85.3 Å². The Hall–Kier alpha value is -4.50. The van der Waals surface area contributed by atoms with E-state index >= 15 is 0 Å². The molecule has 0 spiro atoms. The monoisotopic (exact) mass is 564 g/mol. The number of carbonyl (C=O) groups excluding carboxylic acids is 4. The summed E-state index contributed by atoms with van der Waals surface area (Å²) in [5.74, 6) is 0.234. The second kappa shape index (κ2) is 10.7. The highest BCUT2D eigenvalue weighted by molar-refractivity contribution is 6.06. The lowest BCUT2D eigenvalue weighted by atomic mass is 9.87. The van der Waals surface area contributed by atoms with Crippen molar-refractivity contribution in [3.63, 3.8) is 0 Å². The highest BCUT2D eigenvalue weighted by Gasteiger charge is 2.39. The summed E-state index contributed by atoms with van der Waals surface area (Å²) in [6, 6.07) is 21.3. The van der Waals surface area contributed by atoms with Crippen molar-refractivity contribution in [3.8, 4) is 5.75 Å². The average molecular weight is 565 g/mol. The van der Waals surface area contributed by atoms with Gasteiger partial charge in [0.25, 0.3) is 11.8 Å². The molecule has 3 aromatic carbocycles. The molecule has 7 rings (SSSR count). The van der Waals surface area contributed by atoms with Crippen molar-refractivity contribution in [3.05, 3.63) is 89.0 Å². The molecule has 4 heterocycles. The van der Waals surface area contributed by atoms with E-state index < -0.39 is 6.04 Å². The molecule has 214 valence electrons. The molecule has 0 saturated carbocycles. The van der Waals surface area contributed by atoms with Crippen LogP contribution in [-0.4, -0.2) is 59.2 Å². The normalized spacial score (nSPS) is 21.2. The molecular weight excluding hydrogens is 532 g/mol. The predicted octanol–water partition coefficient (Wildman–Crippen LogP) is 3.88. The van der Waals surface area contributed by atoms with Crippen molar-refractivity contribution in [2.24, 2.45) is 0 Å². The molecule has 1 atom stereocenters. The van der Waals surface area contributed by atoms with E-state index in [-0.39, 0.29) is 36.7 Å². The number of piperidine rings is 2. The molecule has 4 amide bonds. The van der Waals surface area contributed by atoms with E-state index in [0.717, 1.165) is 55.0 Å². The number of hydrogen-bond acceptors (Lipinski definition) is 6. The lowest BCUT2D eigenvalue weighted by molar-refractivity contribution is -0.137. The Labute approximate surface area is 244 Å². The number of benzene rings is 3. The Balaban J connectivity index is 1.00. The number of rotatable bonds is 5. The highest BCUT2D eigenvalue weighted by Crippen LogP contribution is 2.39. The largest absolute Gasteiger partial charge is 0.482 e. The number of ether oxygens (including phenoxy) is 1. The zero-order chi connectivity index (χ0) is 28.8. The van der Waals surface area contributed by atoms with Crippen molar-refractivity contribution < 1.29 is 23.9 Å². The molecule has 1 N–H and O–H groups in total. The van der Waals surface area contributed by atoms with Crippen LogP contribution < -0.4 is 15.0 Å². The maximum atomic E-state index is 13.1. The first-order valence-corrected chi connectivity index (χ1v) is 14.6. The second-order valence-corrected chi connectivity index (χ2v) is 11.5. The summed E-state index contributed by atoms with van der Waals surface area (Å²) in [6.45, 7) is 3.10. The van der Waals surface area contributed by atoms with Crippen molar-refractivity contribution in [2.45, 2.75) is 50.7 Å². The highest BCUT2D eigenvalue weighted by atomic mass is 16.5. The number of para-hydroxylation sites is 1. The van der Waals surface area contributed by atoms with Gasteiger partial charge in [0.1, 0.15) is 11.8 Å². The fourth-order valence-electron chi connectivity index (χ4n) is 6.69. The van der Waals surface area contributed by atoms with E-state index in [0.29, 0.717) is 30.2 Å². The Bertz CT molecular complexity index is 1580. The van der Waals surface area contributed by atoms with Gasteiger partial charge in [0.15, 0.2) is 6.61 Å². The van der Waals surface area contributed by atoms with Gasteiger partial charge in [0.2, 0.25) is 11.8 Å². The van der Waals surface area contributed by atoms with E-state index in [1.807, 2.05) is 42.5 Å². The maximum absolute atomic E-state index is 13.1. The van der Waals surface area contributed by atoms with Crippen molar-refractivity contribution in [1.29, 1.82) is 0 Å². The molecule has 2 saturated heterocycles. The molecule has 42 heavy (non-hydrogen) atoms. The molecule has 2 fully saturated rings. The minimum absolute atomic E-state index is 0.0283. The van der Waals surface area contributed by atoms with E-state index in [1.165, 1.54) is 5.56 Å². The molecule has 9 nitrogen and oxygen atoms in total. The standard InChI is InChI=1S/C33H32N4O5/c38-30-11-9-27(32(40)34-30)36-19-24-17-23(7-8-26(24)33(36)41)22-12-14-35(15-13-22)18-21-6-10-29-28(16-21)37(31(39)20-42-29)25-4-2-1-3-5-25/h1-8,10,16-17,22,27H,9,11-15,18-20H2,(H,34,38,40). The summed E-state index contributed by atoms with van der Waals surface area (Å²) >= 11 is 0. The van der Waals surface area contributed by atoms with E-state index in [4.69, 9.17) is 4.74 Å². The third-order valence-corrected chi connectivity index (χ3v) is 8.89. The van der Waals surface area contributed by atoms with Gasteiger partial charge in [-0.3, -0.25) is 34.3 Å². The summed E-state index contributed by atoms with van der Waals surface area (Å²) < 4.78 is 5.72. The van der Waals surface area contributed by atoms with Gasteiger partial charge in [0, 0.05) is 30.8 Å². The van der Waals surface area contributed by atoms with Crippen LogP contribution in [0.1, 0.15) is 58.6 Å². The number of nitrogens with one attached hydrogen (secondary N) is 1. The van der Waals surface area contributed by atoms with Gasteiger partial charge >= 0.3 is 0 Å². The molecular formula is C33H32N4O5. The van der Waals surface area contributed by atoms with Crippen molar-refractivity contribution in [1.82, 2.24) is 15.1 Å². The van der Waals surface area contributed by atoms with Crippen LogP contribution in [-0.2, 0) is 27.5 Å². The molecule has 1 unspecified atom stereocenters. The van der Waals surface area contributed by atoms with Crippen molar-refractivity contribution >= 4 is 35.0 Å². The topological polar surface area (TPSA) is 99.3 Å². The van der Waals surface area contributed by atoms with E-state index in [9.17, 15) is 19.2 Å². The molecule has 3 aromatic rings. The number of carbonyl (C=O) groups is 4. The zero-order valence-electron chi connectivity index (χ0n) is 23.3. The quantitative estimate of drug-likeness (QED) is 0.473. The van der Waals surface area contributed by atoms with Crippen molar-refractivity contribution in [2.75, 3.05) is 24.6 Å². The van der Waals surface area contributed by atoms with Gasteiger partial charge in [-0.15, -0.1) is 0 Å². The lowest BCUT2D eigenvalue weighted by Gasteiger charge is -2.33. The number of hydrogen-bond donors (Lipinski definition) is 1. The van der Waals surface area contributed by atoms with Gasteiger partial charge in [-0.25, -0.2) is 0 Å². The first kappa shape index (κ1) is 26.4. The minimum atomic E-state index is -0.595. The lowest BCUT2D eigenvalue weighted by Crippen LogP contribution is -2.52. The van der Waals surface area contributed by atoms with Gasteiger partial charge in [-0.1, -0.05) is 36.4 Å². The molecule has 0 radical (unpaired) electrons. The Morgan fingerprint density at radius 3 is 2.48 bits per heavy atom. The Kier molecular flexibility index (Phi) is 6.74. The first-order valence-electron chi connectivity index (χ1n) is 14.6. The zero-order valence-corrected chi connectivity index (χ0v) is 23.3. The van der Waals surface area contributed by atoms with Gasteiger partial charge in [-0.2, -0.15) is 0 Å². The molecule has 9 heteroatoms. The molecule has 0 bridgehead atoms. The smallest absolute Gasteiger partial charge is 0.269 e. The number of likely N-dealkylation sites (tertiary alicyclic amines) is 1. The summed E-state index contributed by atoms with van der Waals surface area (Å²) in [5.41, 5.74) is 5.59. The fraction of sp³-hybridized carbons (Fsp3) is 0.333. The fourth-order valence-corrected chi connectivity index (χ4v) is 6.69. The maximum Gasteiger partial charge on any atom is 0.269 e. The predicted molar refractivity (Wildman–Crippen MR) is 155 cm³/mol. The van der Waals surface area contributed by atoms with E-state index in [2.05, 4.69) is 34.5 Å². The van der Waals surface area contributed by atoms with Gasteiger partial charge < -0.3 is 9.64 Å². The number of imide groups is 1. The molecule has 0 aliphatic carbocycles. The third-order valence-electron chi connectivity index (χ3n) is 8.89. The van der Waals surface area contributed by atoms with Crippen LogP contribution in [0.3, 0.4) is 0 Å². The Morgan fingerprint density at radius 2 is 1.69 bits per heavy atom. The summed E-state index contributed by atoms with van der Waals surface area (Å²) in [6.07, 6.45) is 2.63. The molecule has 4 aliphatic heterocycles. The number of nitrogens with zero attached hydrogens (tertiary/aromatic N) is 3. The van der Waals surface area contributed by atoms with Crippen LogP contribution in [0, 0.1) is 0 Å². The summed E-state index contributed by atoms with van der Waals surface area (Å²) in [7, 11) is 0. The number of fused-ring (bicyclic) bond motifs is 2. The SMILES string of the molecule is O=C1CCC(N2Cc3cc(C4CCN(Cc5ccc6c(c5)N(c5ccccc5)C(=O)CO6)CC4)ccc3C2=O)C(=O)N1. The summed E-state index contributed by atoms with van der Waals surface area (Å²) in [4.78, 5) is 55.6. The third kappa shape index (κ3) is 4.83. The van der Waals surface area contributed by atoms with Gasteiger partial charge in [0.05, 0.1) is 5.69 Å². The van der Waals surface area contributed by atoms with Crippen LogP contribution >= 0.6 is 0 Å². The molecule has 4 aliphatic rings.